The summed E-state index contributed by atoms with van der Waals surface area (Å²) in [6.45, 7) is 1.68. The van der Waals surface area contributed by atoms with Gasteiger partial charge in [-0.1, -0.05) is 18.9 Å². The first kappa shape index (κ1) is 13.2. The molecular formula is C15H24N2O. The van der Waals surface area contributed by atoms with E-state index in [1.807, 2.05) is 26.2 Å². The van der Waals surface area contributed by atoms with E-state index in [2.05, 4.69) is 22.3 Å². The van der Waals surface area contributed by atoms with Crippen molar-refractivity contribution < 1.29 is 4.74 Å². The van der Waals surface area contributed by atoms with Crippen molar-refractivity contribution in [2.45, 2.75) is 31.7 Å². The fourth-order valence-corrected chi connectivity index (χ4v) is 2.41. The van der Waals surface area contributed by atoms with E-state index in [9.17, 15) is 0 Å². The summed E-state index contributed by atoms with van der Waals surface area (Å²) in [7, 11) is 4.08. The minimum atomic E-state index is 0.724. The van der Waals surface area contributed by atoms with Crippen LogP contribution in [0.1, 0.15) is 25.7 Å². The average molecular weight is 248 g/mol. The van der Waals surface area contributed by atoms with E-state index in [1.54, 1.807) is 0 Å². The topological polar surface area (TPSA) is 24.5 Å². The van der Waals surface area contributed by atoms with Gasteiger partial charge < -0.3 is 15.0 Å². The fraction of sp³-hybridized carbons (Fsp3) is 0.600. The summed E-state index contributed by atoms with van der Waals surface area (Å²) in [5.74, 6) is 0.953. The molecule has 0 atom stereocenters. The number of hydrogen-bond donors (Lipinski definition) is 1. The molecule has 3 heteroatoms. The Morgan fingerprint density at radius 1 is 1.28 bits per heavy atom. The largest absolute Gasteiger partial charge is 0.492 e. The van der Waals surface area contributed by atoms with Gasteiger partial charge in [-0.2, -0.15) is 0 Å². The molecule has 0 aliphatic heterocycles. The average Bonchev–Trinajstić information content (AvgIpc) is 2.88. The Kier molecular flexibility index (Phi) is 4.88. The molecule has 1 aromatic rings. The zero-order valence-electron chi connectivity index (χ0n) is 11.5. The van der Waals surface area contributed by atoms with Crippen LogP contribution >= 0.6 is 0 Å². The van der Waals surface area contributed by atoms with Gasteiger partial charge in [0.25, 0.3) is 0 Å². The zero-order chi connectivity index (χ0) is 12.8. The lowest BCUT2D eigenvalue weighted by Gasteiger charge is -2.15. The Morgan fingerprint density at radius 2 is 2.06 bits per heavy atom. The number of anilines is 1. The van der Waals surface area contributed by atoms with E-state index in [4.69, 9.17) is 4.74 Å². The van der Waals surface area contributed by atoms with Crippen molar-refractivity contribution in [3.8, 4) is 5.75 Å². The molecule has 3 nitrogen and oxygen atoms in total. The van der Waals surface area contributed by atoms with Crippen LogP contribution in [-0.2, 0) is 0 Å². The maximum atomic E-state index is 5.77. The van der Waals surface area contributed by atoms with Gasteiger partial charge in [-0.3, -0.25) is 0 Å². The summed E-state index contributed by atoms with van der Waals surface area (Å²) in [4.78, 5) is 2.09. The monoisotopic (exact) mass is 248 g/mol. The third-order valence-electron chi connectivity index (χ3n) is 3.49. The lowest BCUT2D eigenvalue weighted by molar-refractivity contribution is 0.305. The van der Waals surface area contributed by atoms with Gasteiger partial charge in [0.1, 0.15) is 12.4 Å². The van der Waals surface area contributed by atoms with Crippen molar-refractivity contribution in [3.05, 3.63) is 24.3 Å². The van der Waals surface area contributed by atoms with Crippen molar-refractivity contribution in [3.63, 3.8) is 0 Å². The third-order valence-corrected chi connectivity index (χ3v) is 3.49. The van der Waals surface area contributed by atoms with Crippen LogP contribution in [0.5, 0.6) is 5.75 Å². The van der Waals surface area contributed by atoms with Crippen LogP contribution in [0, 0.1) is 0 Å². The van der Waals surface area contributed by atoms with Crippen LogP contribution in [0.15, 0.2) is 24.3 Å². The van der Waals surface area contributed by atoms with Crippen LogP contribution < -0.4 is 15.0 Å². The molecular weight excluding hydrogens is 224 g/mol. The molecule has 0 unspecified atom stereocenters. The second kappa shape index (κ2) is 6.64. The lowest BCUT2D eigenvalue weighted by atomic mass is 10.2. The molecule has 1 aromatic carbocycles. The predicted octanol–water partition coefficient (Wildman–Crippen LogP) is 2.66. The van der Waals surface area contributed by atoms with Gasteiger partial charge in [0.15, 0.2) is 0 Å². The van der Waals surface area contributed by atoms with Gasteiger partial charge in [0, 0.05) is 38.4 Å². The van der Waals surface area contributed by atoms with Crippen molar-refractivity contribution in [2.24, 2.45) is 0 Å². The van der Waals surface area contributed by atoms with E-state index in [0.29, 0.717) is 0 Å². The summed E-state index contributed by atoms with van der Waals surface area (Å²) in [6.07, 6.45) is 5.42. The maximum absolute atomic E-state index is 5.77. The van der Waals surface area contributed by atoms with Gasteiger partial charge >= 0.3 is 0 Å². The molecule has 1 N–H and O–H groups in total. The third kappa shape index (κ3) is 3.91. The smallest absolute Gasteiger partial charge is 0.121 e. The molecule has 0 bridgehead atoms. The number of ether oxygens (including phenoxy) is 1. The molecule has 0 aromatic heterocycles. The molecule has 0 heterocycles. The SMILES string of the molecule is CN(C)c1cccc(OCCNC2CCCC2)c1. The van der Waals surface area contributed by atoms with Crippen LogP contribution in [0.3, 0.4) is 0 Å². The second-order valence-corrected chi connectivity index (χ2v) is 5.18. The maximum Gasteiger partial charge on any atom is 0.121 e. The van der Waals surface area contributed by atoms with Crippen LogP contribution in [-0.4, -0.2) is 33.3 Å². The summed E-state index contributed by atoms with van der Waals surface area (Å²) >= 11 is 0. The highest BCUT2D eigenvalue weighted by atomic mass is 16.5. The molecule has 1 aliphatic carbocycles. The molecule has 0 radical (unpaired) electrons. The first-order chi connectivity index (χ1) is 8.75. The van der Waals surface area contributed by atoms with E-state index in [0.717, 1.165) is 24.9 Å². The van der Waals surface area contributed by atoms with Crippen molar-refractivity contribution in [1.82, 2.24) is 5.32 Å². The van der Waals surface area contributed by atoms with Gasteiger partial charge in [-0.05, 0) is 25.0 Å². The van der Waals surface area contributed by atoms with Gasteiger partial charge in [0.2, 0.25) is 0 Å². The van der Waals surface area contributed by atoms with Crippen molar-refractivity contribution >= 4 is 5.69 Å². The normalized spacial score (nSPS) is 15.9. The molecule has 2 rings (SSSR count). The van der Waals surface area contributed by atoms with Crippen LogP contribution in [0.2, 0.25) is 0 Å². The number of nitrogens with one attached hydrogen (secondary N) is 1. The van der Waals surface area contributed by atoms with Crippen LogP contribution in [0.4, 0.5) is 5.69 Å². The van der Waals surface area contributed by atoms with Gasteiger partial charge in [0.05, 0.1) is 0 Å². The molecule has 1 fully saturated rings. The Bertz CT molecular complexity index is 359. The highest BCUT2D eigenvalue weighted by Gasteiger charge is 2.13. The number of benzene rings is 1. The molecule has 0 saturated heterocycles. The first-order valence-corrected chi connectivity index (χ1v) is 6.89. The minimum Gasteiger partial charge on any atom is -0.492 e. The molecule has 1 aliphatic rings. The van der Waals surface area contributed by atoms with Crippen molar-refractivity contribution in [2.75, 3.05) is 32.1 Å². The lowest BCUT2D eigenvalue weighted by Crippen LogP contribution is -2.30. The van der Waals surface area contributed by atoms with Gasteiger partial charge in [-0.15, -0.1) is 0 Å². The molecule has 0 spiro atoms. The van der Waals surface area contributed by atoms with Crippen LogP contribution in [0.25, 0.3) is 0 Å². The Hall–Kier alpha value is -1.22. The van der Waals surface area contributed by atoms with E-state index < -0.39 is 0 Å². The highest BCUT2D eigenvalue weighted by molar-refractivity contribution is 5.49. The van der Waals surface area contributed by atoms with E-state index in [-0.39, 0.29) is 0 Å². The standard InChI is InChI=1S/C15H24N2O/c1-17(2)14-8-5-9-15(12-14)18-11-10-16-13-6-3-4-7-13/h5,8-9,12-13,16H,3-4,6-7,10-11H2,1-2H3. The Labute approximate surface area is 110 Å². The molecule has 1 saturated carbocycles. The molecule has 0 amide bonds. The summed E-state index contributed by atoms with van der Waals surface area (Å²) in [5.41, 5.74) is 1.18. The van der Waals surface area contributed by atoms with E-state index >= 15 is 0 Å². The van der Waals surface area contributed by atoms with Crippen molar-refractivity contribution in [1.29, 1.82) is 0 Å². The quantitative estimate of drug-likeness (QED) is 0.783. The Balaban J connectivity index is 1.70. The van der Waals surface area contributed by atoms with E-state index in [1.165, 1.54) is 31.4 Å². The number of hydrogen-bond acceptors (Lipinski definition) is 3. The van der Waals surface area contributed by atoms with Gasteiger partial charge in [-0.25, -0.2) is 0 Å². The Morgan fingerprint density at radius 3 is 2.78 bits per heavy atom. The number of nitrogens with zero attached hydrogens (tertiary/aromatic N) is 1. The minimum absolute atomic E-state index is 0.724. The molecule has 100 valence electrons. The summed E-state index contributed by atoms with van der Waals surface area (Å²) in [6, 6.07) is 8.94. The first-order valence-electron chi connectivity index (χ1n) is 6.89. The fourth-order valence-electron chi connectivity index (χ4n) is 2.41. The second-order valence-electron chi connectivity index (χ2n) is 5.18. The summed E-state index contributed by atoms with van der Waals surface area (Å²) < 4.78 is 5.77. The number of rotatable bonds is 6. The zero-order valence-corrected chi connectivity index (χ0v) is 11.5. The molecule has 18 heavy (non-hydrogen) atoms. The predicted molar refractivity (Wildman–Crippen MR) is 76.5 cm³/mol. The summed E-state index contributed by atoms with van der Waals surface area (Å²) in [5, 5.41) is 3.55. The highest BCUT2D eigenvalue weighted by Crippen LogP contribution is 2.19.